The molecule has 24 rings (SSSR count). The highest BCUT2D eigenvalue weighted by atomic mass is 15.0. The molecular weight excluding hydrogens is 1430 g/mol. The molecule has 0 fully saturated rings. The van der Waals surface area contributed by atoms with Crippen molar-refractivity contribution in [3.63, 3.8) is 0 Å². The molecule has 18 aromatic carbocycles. The fraction of sp³-hybridized carbons (Fsp3) is 0.0526. The number of fused-ring (bicyclic) bond motifs is 19. The molecule has 4 aromatic heterocycles. The van der Waals surface area contributed by atoms with Crippen molar-refractivity contribution < 1.29 is 0 Å². The van der Waals surface area contributed by atoms with Crippen molar-refractivity contribution in [1.82, 2.24) is 18.3 Å². The molecule has 0 radical (unpaired) electrons. The maximum Gasteiger partial charge on any atom is 0.0547 e. The van der Waals surface area contributed by atoms with Crippen molar-refractivity contribution in [3.05, 3.63) is 435 Å². The normalized spacial score (nSPS) is 13.1. The van der Waals surface area contributed by atoms with Crippen LogP contribution in [-0.4, -0.2) is 18.3 Å². The molecular formula is C114H80N4. The molecule has 0 unspecified atom stereocenters. The van der Waals surface area contributed by atoms with E-state index >= 15 is 0 Å². The number of rotatable bonds is 10. The van der Waals surface area contributed by atoms with Gasteiger partial charge in [-0.3, -0.25) is 0 Å². The van der Waals surface area contributed by atoms with E-state index in [0.29, 0.717) is 0 Å². The van der Waals surface area contributed by atoms with Crippen LogP contribution in [0.5, 0.6) is 0 Å². The van der Waals surface area contributed by atoms with Gasteiger partial charge in [-0.15, -0.1) is 0 Å². The minimum atomic E-state index is -0.0967. The number of aromatic nitrogens is 4. The Hall–Kier alpha value is -14.8. The second kappa shape index (κ2) is 26.9. The Bertz CT molecular complexity index is 7710. The van der Waals surface area contributed by atoms with Crippen molar-refractivity contribution in [2.24, 2.45) is 0 Å². The summed E-state index contributed by atoms with van der Waals surface area (Å²) < 4.78 is 9.78. The Morgan fingerprint density at radius 1 is 0.161 bits per heavy atom. The molecule has 556 valence electrons. The summed E-state index contributed by atoms with van der Waals surface area (Å²) in [6, 6.07) is 152. The van der Waals surface area contributed by atoms with Crippen molar-refractivity contribution >= 4 is 87.2 Å². The minimum absolute atomic E-state index is 0.0967. The average molecular weight is 1510 g/mol. The first-order valence-electron chi connectivity index (χ1n) is 41.2. The van der Waals surface area contributed by atoms with E-state index in [-0.39, 0.29) is 10.8 Å². The molecule has 0 N–H and O–H groups in total. The van der Waals surface area contributed by atoms with Crippen molar-refractivity contribution in [2.45, 2.75) is 38.5 Å². The fourth-order valence-electron chi connectivity index (χ4n) is 20.1. The molecule has 4 heteroatoms. The molecule has 4 heterocycles. The van der Waals surface area contributed by atoms with Gasteiger partial charge in [0.2, 0.25) is 0 Å². The third-order valence-corrected chi connectivity index (χ3v) is 25.8. The number of benzene rings is 18. The van der Waals surface area contributed by atoms with Gasteiger partial charge in [-0.1, -0.05) is 313 Å². The largest absolute Gasteiger partial charge is 0.309 e. The highest BCUT2D eigenvalue weighted by Crippen LogP contribution is 2.55. The Morgan fingerprint density at radius 3 is 0.958 bits per heavy atom. The molecule has 0 spiro atoms. The van der Waals surface area contributed by atoms with E-state index in [0.717, 1.165) is 22.7 Å². The van der Waals surface area contributed by atoms with Gasteiger partial charge in [0, 0.05) is 76.7 Å². The van der Waals surface area contributed by atoms with E-state index in [1.54, 1.807) is 0 Å². The third-order valence-electron chi connectivity index (χ3n) is 25.8. The van der Waals surface area contributed by atoms with E-state index in [1.807, 2.05) is 0 Å². The van der Waals surface area contributed by atoms with E-state index in [2.05, 4.69) is 458 Å². The van der Waals surface area contributed by atoms with Crippen molar-refractivity contribution in [2.75, 3.05) is 0 Å². The molecule has 118 heavy (non-hydrogen) atoms. The molecule has 0 bridgehead atoms. The molecule has 4 nitrogen and oxygen atoms in total. The molecule has 22 aromatic rings. The summed E-state index contributed by atoms with van der Waals surface area (Å²) in [6.07, 6.45) is 0. The van der Waals surface area contributed by atoms with Crippen LogP contribution >= 0.6 is 0 Å². The Kier molecular flexibility index (Phi) is 15.7. The lowest BCUT2D eigenvalue weighted by Crippen LogP contribution is -2.14. The van der Waals surface area contributed by atoms with Crippen LogP contribution in [-0.2, 0) is 10.8 Å². The smallest absolute Gasteiger partial charge is 0.0547 e. The van der Waals surface area contributed by atoms with Gasteiger partial charge in [0.15, 0.2) is 0 Å². The van der Waals surface area contributed by atoms with Crippen molar-refractivity contribution in [1.29, 1.82) is 0 Å². The van der Waals surface area contributed by atoms with Gasteiger partial charge >= 0.3 is 0 Å². The maximum absolute atomic E-state index is 2.49. The van der Waals surface area contributed by atoms with E-state index < -0.39 is 0 Å². The van der Waals surface area contributed by atoms with Gasteiger partial charge in [0.05, 0.1) is 44.1 Å². The van der Waals surface area contributed by atoms with Crippen LogP contribution in [0.25, 0.3) is 199 Å². The number of para-hydroxylation sites is 2. The monoisotopic (exact) mass is 1500 g/mol. The van der Waals surface area contributed by atoms with Crippen LogP contribution in [0.3, 0.4) is 0 Å². The summed E-state index contributed by atoms with van der Waals surface area (Å²) in [5.74, 6) is 0. The van der Waals surface area contributed by atoms with Crippen LogP contribution in [0.1, 0.15) is 49.9 Å². The standard InChI is InChI=1S/2C57H40N2/c1-57(2)49-22-11-9-21-46(49)55-50(57)30-33-54-56(55)48-36-42(27-32-53(48)59(54)44-19-13-18-40(34-44)38-16-7-4-8-17-38)41-26-31-52-47(35-41)45-20-10-12-23-51(45)58(52)43-28-24-39(25-29-43)37-14-5-3-6-15-37;1-57(2)51-22-11-9-20-45(51)47-36-56-50(35-52(47)57)49-34-42(27-31-55(49)59(56)44-19-13-18-40(32-44)38-16-7-4-8-17-38)41-26-30-54-48(33-41)46-21-10-12-23-53(46)58(54)43-28-24-39(25-29-43)37-14-5-3-6-15-37/h2*3-36H,1-2H3. The number of hydrogen-bond acceptors (Lipinski definition) is 0. The van der Waals surface area contributed by atoms with Gasteiger partial charge in [-0.05, 0) is 239 Å². The highest BCUT2D eigenvalue weighted by Gasteiger charge is 2.39. The zero-order valence-electron chi connectivity index (χ0n) is 66.0. The minimum Gasteiger partial charge on any atom is -0.309 e. The zero-order chi connectivity index (χ0) is 78.5. The van der Waals surface area contributed by atoms with Crippen LogP contribution in [0.2, 0.25) is 0 Å². The molecule has 0 aliphatic heterocycles. The van der Waals surface area contributed by atoms with E-state index in [4.69, 9.17) is 0 Å². The third kappa shape index (κ3) is 10.8. The lowest BCUT2D eigenvalue weighted by molar-refractivity contribution is 0.661. The lowest BCUT2D eigenvalue weighted by Gasteiger charge is -2.21. The van der Waals surface area contributed by atoms with Crippen LogP contribution in [0, 0.1) is 0 Å². The summed E-state index contributed by atoms with van der Waals surface area (Å²) >= 11 is 0. The molecule has 0 saturated carbocycles. The van der Waals surface area contributed by atoms with Crippen LogP contribution < -0.4 is 0 Å². The predicted molar refractivity (Wildman–Crippen MR) is 498 cm³/mol. The quantitative estimate of drug-likeness (QED) is 0.130. The lowest BCUT2D eigenvalue weighted by atomic mass is 9.82. The summed E-state index contributed by atoms with van der Waals surface area (Å²) in [5, 5.41) is 10.1. The van der Waals surface area contributed by atoms with Gasteiger partial charge in [0.1, 0.15) is 0 Å². The van der Waals surface area contributed by atoms with Crippen LogP contribution in [0.4, 0.5) is 0 Å². The first-order chi connectivity index (χ1) is 58.0. The summed E-state index contributed by atoms with van der Waals surface area (Å²) in [4.78, 5) is 0. The first kappa shape index (κ1) is 68.7. The predicted octanol–water partition coefficient (Wildman–Crippen LogP) is 30.4. The Labute approximate surface area is 685 Å². The van der Waals surface area contributed by atoms with Crippen LogP contribution in [0.15, 0.2) is 413 Å². The summed E-state index contributed by atoms with van der Waals surface area (Å²) in [5.41, 5.74) is 39.7. The second-order valence-corrected chi connectivity index (χ2v) is 33.1. The second-order valence-electron chi connectivity index (χ2n) is 33.1. The maximum atomic E-state index is 2.49. The first-order valence-corrected chi connectivity index (χ1v) is 41.2. The highest BCUT2D eigenvalue weighted by molar-refractivity contribution is 6.20. The van der Waals surface area contributed by atoms with Gasteiger partial charge in [-0.2, -0.15) is 0 Å². The zero-order valence-corrected chi connectivity index (χ0v) is 66.0. The number of hydrogen-bond donors (Lipinski definition) is 0. The van der Waals surface area contributed by atoms with Gasteiger partial charge < -0.3 is 18.3 Å². The molecule has 0 amide bonds. The SMILES string of the molecule is CC1(C)c2ccccc2-c2c1ccc1c2c2cc(-c3ccc4c(c3)c3ccccc3n4-c3ccc(-c4ccccc4)cc3)ccc2n1-c1cccc(-c2ccccc2)c1.CC1(C)c2ccccc2-c2cc3c(cc21)c1cc(-c2ccc4c(c2)c2ccccc2n4-c2ccc(-c4ccccc4)cc2)ccc1n3-c1cccc(-c2ccccc2)c1. The molecule has 0 atom stereocenters. The van der Waals surface area contributed by atoms with Gasteiger partial charge in [0.25, 0.3) is 0 Å². The topological polar surface area (TPSA) is 19.7 Å². The average Bonchev–Trinajstić information content (AvgIpc) is 1.52. The van der Waals surface area contributed by atoms with Crippen molar-refractivity contribution in [3.8, 4) is 112 Å². The molecule has 0 saturated heterocycles. The molecule has 2 aliphatic rings. The Morgan fingerprint density at radius 2 is 0.475 bits per heavy atom. The Balaban J connectivity index is 0.000000138. The fourth-order valence-corrected chi connectivity index (χ4v) is 20.1. The summed E-state index contributed by atoms with van der Waals surface area (Å²) in [6.45, 7) is 9.50. The van der Waals surface area contributed by atoms with E-state index in [1.165, 1.54) is 198 Å². The van der Waals surface area contributed by atoms with E-state index in [9.17, 15) is 0 Å². The number of nitrogens with zero attached hydrogens (tertiary/aromatic N) is 4. The van der Waals surface area contributed by atoms with Gasteiger partial charge in [-0.25, -0.2) is 0 Å². The summed E-state index contributed by atoms with van der Waals surface area (Å²) in [7, 11) is 0. The molecule has 2 aliphatic carbocycles.